The third kappa shape index (κ3) is 2.41. The van der Waals surface area contributed by atoms with Crippen LogP contribution in [0.4, 0.5) is 5.82 Å². The first kappa shape index (κ1) is 9.90. The smallest absolute Gasteiger partial charge is 0.300 e. The molecule has 2 heterocycles. The Hall–Kier alpha value is -2.18. The van der Waals surface area contributed by atoms with E-state index in [0.29, 0.717) is 17.0 Å². The van der Waals surface area contributed by atoms with Gasteiger partial charge in [0, 0.05) is 6.92 Å². The van der Waals surface area contributed by atoms with Crippen LogP contribution in [0.1, 0.15) is 6.92 Å². The van der Waals surface area contributed by atoms with E-state index in [1.54, 1.807) is 0 Å². The zero-order valence-electron chi connectivity index (χ0n) is 7.43. The highest BCUT2D eigenvalue weighted by molar-refractivity contribution is 5.80. The lowest BCUT2D eigenvalue weighted by Crippen LogP contribution is -1.91. The molecule has 0 atom stereocenters. The number of carbonyl (C=O) groups is 1. The number of rotatable bonds is 0. The standard InChI is InChI=1S/C5H5N5.C2H4O2/c6-4-3-5(9-1-7-3)10-2-8-4;1-2(3)4/h1-2H,(H3,6,7,8,9,10);1H3,(H,3,4). The van der Waals surface area contributed by atoms with Gasteiger partial charge in [-0.25, -0.2) is 15.0 Å². The summed E-state index contributed by atoms with van der Waals surface area (Å²) in [5, 5.41) is 7.42. The van der Waals surface area contributed by atoms with Crippen molar-refractivity contribution in [1.29, 1.82) is 0 Å². The van der Waals surface area contributed by atoms with Crippen LogP contribution in [0.15, 0.2) is 12.7 Å². The van der Waals surface area contributed by atoms with E-state index in [4.69, 9.17) is 15.6 Å². The number of aromatic amines is 1. The van der Waals surface area contributed by atoms with Crippen molar-refractivity contribution in [2.75, 3.05) is 5.73 Å². The highest BCUT2D eigenvalue weighted by atomic mass is 16.4. The van der Waals surface area contributed by atoms with Crippen LogP contribution in [-0.2, 0) is 4.79 Å². The highest BCUT2D eigenvalue weighted by Gasteiger charge is 1.99. The van der Waals surface area contributed by atoms with Crippen molar-refractivity contribution in [3.8, 4) is 0 Å². The van der Waals surface area contributed by atoms with Gasteiger partial charge in [0.1, 0.15) is 11.8 Å². The van der Waals surface area contributed by atoms with E-state index in [1.165, 1.54) is 12.7 Å². The van der Waals surface area contributed by atoms with Crippen LogP contribution in [0.5, 0.6) is 0 Å². The molecule has 0 radical (unpaired) electrons. The number of nitrogens with one attached hydrogen (secondary N) is 1. The molecule has 0 amide bonds. The van der Waals surface area contributed by atoms with E-state index >= 15 is 0 Å². The summed E-state index contributed by atoms with van der Waals surface area (Å²) >= 11 is 0. The molecule has 7 nitrogen and oxygen atoms in total. The predicted molar refractivity (Wildman–Crippen MR) is 49.4 cm³/mol. The average Bonchev–Trinajstić information content (AvgIpc) is 2.52. The maximum atomic E-state index is 9.00. The molecule has 2 aromatic heterocycles. The number of H-pyrrole nitrogens is 1. The van der Waals surface area contributed by atoms with E-state index in [2.05, 4.69) is 19.9 Å². The zero-order chi connectivity index (χ0) is 10.6. The Morgan fingerprint density at radius 2 is 2.14 bits per heavy atom. The second kappa shape index (κ2) is 4.17. The van der Waals surface area contributed by atoms with Gasteiger partial charge < -0.3 is 15.8 Å². The number of hydrogen-bond donors (Lipinski definition) is 3. The maximum Gasteiger partial charge on any atom is 0.300 e. The number of fused-ring (bicyclic) bond motifs is 1. The zero-order valence-corrected chi connectivity index (χ0v) is 7.43. The van der Waals surface area contributed by atoms with Crippen molar-refractivity contribution in [2.45, 2.75) is 6.92 Å². The number of carboxylic acids is 1. The summed E-state index contributed by atoms with van der Waals surface area (Å²) in [5.74, 6) is -0.400. The lowest BCUT2D eigenvalue weighted by atomic mass is 10.5. The summed E-state index contributed by atoms with van der Waals surface area (Å²) in [4.78, 5) is 23.4. The van der Waals surface area contributed by atoms with Gasteiger partial charge in [0.05, 0.1) is 6.33 Å². The Kier molecular flexibility index (Phi) is 2.95. The first-order valence-corrected chi connectivity index (χ1v) is 3.70. The molecule has 7 heteroatoms. The molecule has 2 aromatic rings. The number of imidazole rings is 1. The summed E-state index contributed by atoms with van der Waals surface area (Å²) < 4.78 is 0. The van der Waals surface area contributed by atoms with Crippen molar-refractivity contribution in [3.05, 3.63) is 12.7 Å². The third-order valence-corrected chi connectivity index (χ3v) is 1.25. The number of aliphatic carboxylic acids is 1. The number of nitrogens with two attached hydrogens (primary N) is 1. The van der Waals surface area contributed by atoms with Crippen LogP contribution < -0.4 is 5.73 Å². The van der Waals surface area contributed by atoms with Crippen molar-refractivity contribution >= 4 is 23.0 Å². The molecule has 4 N–H and O–H groups in total. The fourth-order valence-electron chi connectivity index (χ4n) is 0.784. The molecule has 0 unspecified atom stereocenters. The Morgan fingerprint density at radius 1 is 1.50 bits per heavy atom. The maximum absolute atomic E-state index is 9.00. The number of anilines is 1. The van der Waals surface area contributed by atoms with Crippen molar-refractivity contribution in [1.82, 2.24) is 19.9 Å². The number of carboxylic acid groups (broad SMARTS) is 1. The number of aromatic nitrogens is 4. The van der Waals surface area contributed by atoms with E-state index in [1.807, 2.05) is 0 Å². The van der Waals surface area contributed by atoms with Gasteiger partial charge in [0.15, 0.2) is 11.5 Å². The van der Waals surface area contributed by atoms with Crippen LogP contribution in [0.2, 0.25) is 0 Å². The molecule has 0 spiro atoms. The van der Waals surface area contributed by atoms with Gasteiger partial charge in [-0.05, 0) is 0 Å². The van der Waals surface area contributed by atoms with E-state index < -0.39 is 5.97 Å². The van der Waals surface area contributed by atoms with Crippen LogP contribution in [0.3, 0.4) is 0 Å². The van der Waals surface area contributed by atoms with Crippen molar-refractivity contribution in [3.63, 3.8) is 0 Å². The molecule has 14 heavy (non-hydrogen) atoms. The molecule has 74 valence electrons. The Balaban J connectivity index is 0.000000213. The first-order chi connectivity index (χ1) is 6.61. The molecule has 0 aliphatic heterocycles. The normalized spacial score (nSPS) is 9.21. The molecular formula is C7H9N5O2. The van der Waals surface area contributed by atoms with Gasteiger partial charge in [-0.1, -0.05) is 0 Å². The number of nitrogens with zero attached hydrogens (tertiary/aromatic N) is 3. The van der Waals surface area contributed by atoms with E-state index in [-0.39, 0.29) is 0 Å². The summed E-state index contributed by atoms with van der Waals surface area (Å²) in [5.41, 5.74) is 6.78. The summed E-state index contributed by atoms with van der Waals surface area (Å²) in [6.07, 6.45) is 2.92. The van der Waals surface area contributed by atoms with E-state index in [9.17, 15) is 0 Å². The van der Waals surface area contributed by atoms with Crippen molar-refractivity contribution in [2.24, 2.45) is 0 Å². The molecule has 0 bridgehead atoms. The summed E-state index contributed by atoms with van der Waals surface area (Å²) in [6, 6.07) is 0. The number of hydrogen-bond acceptors (Lipinski definition) is 5. The Labute approximate surface area is 79.0 Å². The molecular weight excluding hydrogens is 186 g/mol. The van der Waals surface area contributed by atoms with E-state index in [0.717, 1.165) is 6.92 Å². The van der Waals surface area contributed by atoms with Gasteiger partial charge in [0.25, 0.3) is 5.97 Å². The monoisotopic (exact) mass is 195 g/mol. The summed E-state index contributed by atoms with van der Waals surface area (Å²) in [7, 11) is 0. The minimum atomic E-state index is -0.833. The fraction of sp³-hybridized carbons (Fsp3) is 0.143. The molecule has 0 aliphatic rings. The first-order valence-electron chi connectivity index (χ1n) is 3.70. The second-order valence-electron chi connectivity index (χ2n) is 2.38. The molecule has 2 rings (SSSR count). The quantitative estimate of drug-likeness (QED) is 0.545. The minimum Gasteiger partial charge on any atom is -0.481 e. The van der Waals surface area contributed by atoms with Crippen LogP contribution in [-0.4, -0.2) is 31.0 Å². The van der Waals surface area contributed by atoms with Gasteiger partial charge in [-0.3, -0.25) is 4.79 Å². The van der Waals surface area contributed by atoms with Gasteiger partial charge in [-0.15, -0.1) is 0 Å². The third-order valence-electron chi connectivity index (χ3n) is 1.25. The molecule has 0 aliphatic carbocycles. The number of nitrogen functional groups attached to an aromatic ring is 1. The Morgan fingerprint density at radius 3 is 2.71 bits per heavy atom. The molecule has 0 aromatic carbocycles. The average molecular weight is 195 g/mol. The fourth-order valence-corrected chi connectivity index (χ4v) is 0.784. The lowest BCUT2D eigenvalue weighted by molar-refractivity contribution is -0.134. The van der Waals surface area contributed by atoms with Crippen molar-refractivity contribution < 1.29 is 9.90 Å². The molecule has 0 saturated heterocycles. The van der Waals surface area contributed by atoms with Crippen LogP contribution in [0, 0.1) is 0 Å². The summed E-state index contributed by atoms with van der Waals surface area (Å²) in [6.45, 7) is 1.08. The SMILES string of the molecule is CC(=O)O.Nc1ncnc2nc[nH]c12. The minimum absolute atomic E-state index is 0.433. The van der Waals surface area contributed by atoms with Crippen LogP contribution >= 0.6 is 0 Å². The largest absolute Gasteiger partial charge is 0.481 e. The topological polar surface area (TPSA) is 118 Å². The lowest BCUT2D eigenvalue weighted by Gasteiger charge is -1.89. The van der Waals surface area contributed by atoms with Crippen LogP contribution in [0.25, 0.3) is 11.2 Å². The van der Waals surface area contributed by atoms with Gasteiger partial charge in [-0.2, -0.15) is 0 Å². The predicted octanol–water partition coefficient (Wildman–Crippen LogP) is 0.0260. The van der Waals surface area contributed by atoms with Gasteiger partial charge >= 0.3 is 0 Å². The molecule has 0 fully saturated rings. The molecule has 0 saturated carbocycles. The Bertz CT molecular complexity index is 434. The highest BCUT2D eigenvalue weighted by Crippen LogP contribution is 2.09. The second-order valence-corrected chi connectivity index (χ2v) is 2.38. The van der Waals surface area contributed by atoms with Gasteiger partial charge in [0.2, 0.25) is 0 Å².